The number of allylic oxidation sites excluding steroid dienone is 2. The number of hydrogen-bond acceptors (Lipinski definition) is 1. The van der Waals surface area contributed by atoms with Gasteiger partial charge in [0.2, 0.25) is 0 Å². The average Bonchev–Trinajstić information content (AvgIpc) is 2.07. The quantitative estimate of drug-likeness (QED) is 0.400. The van der Waals surface area contributed by atoms with E-state index in [0.717, 1.165) is 6.08 Å². The predicted molar refractivity (Wildman–Crippen MR) is 52.2 cm³/mol. The summed E-state index contributed by atoms with van der Waals surface area (Å²) in [6.07, 6.45) is 9.06. The third-order valence-electron chi connectivity index (χ3n) is 1.13. The fourth-order valence-corrected chi connectivity index (χ4v) is 0.489. The maximum Gasteiger partial charge on any atom is 0.327 e. The van der Waals surface area contributed by atoms with Gasteiger partial charge in [0.1, 0.15) is 0 Å². The second-order valence-electron chi connectivity index (χ2n) is 2.25. The highest BCUT2D eigenvalue weighted by atomic mass is 16.4. The molecule has 0 spiro atoms. The van der Waals surface area contributed by atoms with Gasteiger partial charge in [0.05, 0.1) is 0 Å². The number of carboxylic acid groups (broad SMARTS) is 1. The molecule has 2 nitrogen and oxygen atoms in total. The molecule has 0 radical (unpaired) electrons. The smallest absolute Gasteiger partial charge is 0.327 e. The van der Waals surface area contributed by atoms with Crippen LogP contribution in [0, 0.1) is 0 Å². The fourth-order valence-electron chi connectivity index (χ4n) is 0.489. The van der Waals surface area contributed by atoms with E-state index >= 15 is 0 Å². The Morgan fingerprint density at radius 1 is 1.58 bits per heavy atom. The minimum atomic E-state index is -0.981. The Labute approximate surface area is 74.6 Å². The van der Waals surface area contributed by atoms with E-state index in [2.05, 4.69) is 32.6 Å². The van der Waals surface area contributed by atoms with Crippen molar-refractivity contribution in [3.63, 3.8) is 0 Å². The minimum absolute atomic E-state index is 0.833. The molecule has 0 aromatic carbocycles. The van der Waals surface area contributed by atoms with Gasteiger partial charge in [0.25, 0.3) is 0 Å². The first-order chi connectivity index (χ1) is 5.68. The van der Waals surface area contributed by atoms with Gasteiger partial charge in [-0.1, -0.05) is 38.5 Å². The lowest BCUT2D eigenvalue weighted by Crippen LogP contribution is -1.82. The van der Waals surface area contributed by atoms with Crippen molar-refractivity contribution in [2.75, 3.05) is 0 Å². The Hall–Kier alpha value is -1.05. The molecule has 12 heavy (non-hydrogen) atoms. The fraction of sp³-hybridized carbons (Fsp3) is 0.500. The molecule has 0 aliphatic rings. The molecule has 0 aliphatic heterocycles. The van der Waals surface area contributed by atoms with Crippen LogP contribution >= 0.6 is 0 Å². The highest BCUT2D eigenvalue weighted by Gasteiger charge is 1.73. The van der Waals surface area contributed by atoms with Gasteiger partial charge in [-0.15, -0.1) is 0 Å². The molecule has 0 aromatic rings. The van der Waals surface area contributed by atoms with Crippen molar-refractivity contribution in [1.29, 1.82) is 0 Å². The van der Waals surface area contributed by atoms with Crippen molar-refractivity contribution in [3.8, 4) is 0 Å². The molecule has 0 saturated heterocycles. The maximum atomic E-state index is 9.25. The summed E-state index contributed by atoms with van der Waals surface area (Å²) in [5.74, 6) is -0.981. The van der Waals surface area contributed by atoms with E-state index in [0.29, 0.717) is 0 Å². The summed E-state index contributed by atoms with van der Waals surface area (Å²) >= 11 is 0. The molecule has 0 rings (SSSR count). The molecule has 2 heteroatoms. The average molecular weight is 170 g/mol. The second kappa shape index (κ2) is 12.6. The zero-order chi connectivity index (χ0) is 9.82. The van der Waals surface area contributed by atoms with Gasteiger partial charge >= 0.3 is 5.97 Å². The van der Waals surface area contributed by atoms with Crippen LogP contribution in [-0.2, 0) is 4.79 Å². The first-order valence-electron chi connectivity index (χ1n) is 4.15. The molecule has 0 bridgehead atoms. The Balaban J connectivity index is 0. The van der Waals surface area contributed by atoms with Gasteiger partial charge < -0.3 is 5.11 Å². The number of hydrogen-bond donors (Lipinski definition) is 1. The van der Waals surface area contributed by atoms with E-state index in [9.17, 15) is 4.79 Å². The molecule has 0 aromatic heterocycles. The van der Waals surface area contributed by atoms with Gasteiger partial charge in [0, 0.05) is 6.08 Å². The number of carboxylic acids is 1. The zero-order valence-electron chi connectivity index (χ0n) is 7.92. The van der Waals surface area contributed by atoms with Crippen LogP contribution < -0.4 is 0 Å². The van der Waals surface area contributed by atoms with Crippen molar-refractivity contribution in [2.24, 2.45) is 0 Å². The maximum absolute atomic E-state index is 9.25. The van der Waals surface area contributed by atoms with Crippen LogP contribution in [0.2, 0.25) is 0 Å². The lowest BCUT2D eigenvalue weighted by Gasteiger charge is -1.83. The molecule has 0 amide bonds. The third kappa shape index (κ3) is 23.1. The molecule has 0 saturated carbocycles. The first kappa shape index (κ1) is 13.5. The SMILES string of the molecule is C/C=C/CCCC.C=CC(=O)O. The molecule has 0 atom stereocenters. The van der Waals surface area contributed by atoms with Gasteiger partial charge in [-0.2, -0.15) is 0 Å². The van der Waals surface area contributed by atoms with Crippen LogP contribution in [-0.4, -0.2) is 11.1 Å². The van der Waals surface area contributed by atoms with Crippen molar-refractivity contribution in [2.45, 2.75) is 33.1 Å². The minimum Gasteiger partial charge on any atom is -0.478 e. The lowest BCUT2D eigenvalue weighted by atomic mass is 10.2. The summed E-state index contributed by atoms with van der Waals surface area (Å²) in [6, 6.07) is 0. The summed E-state index contributed by atoms with van der Waals surface area (Å²) in [6.45, 7) is 7.24. The molecule has 0 heterocycles. The molecule has 0 unspecified atom stereocenters. The van der Waals surface area contributed by atoms with E-state index in [1.807, 2.05) is 0 Å². The van der Waals surface area contributed by atoms with Crippen LogP contribution in [0.1, 0.15) is 33.1 Å². The number of rotatable bonds is 4. The standard InChI is InChI=1S/C7H14.C3H4O2/c1-3-5-7-6-4-2;1-2-3(4)5/h3,5H,4,6-7H2,1-2H3;2H,1H2,(H,4,5)/b5-3+;. The van der Waals surface area contributed by atoms with Crippen molar-refractivity contribution in [1.82, 2.24) is 0 Å². The monoisotopic (exact) mass is 170 g/mol. The van der Waals surface area contributed by atoms with E-state index in [1.165, 1.54) is 19.3 Å². The Morgan fingerprint density at radius 2 is 2.08 bits per heavy atom. The molecule has 0 fully saturated rings. The summed E-state index contributed by atoms with van der Waals surface area (Å²) in [7, 11) is 0. The largest absolute Gasteiger partial charge is 0.478 e. The van der Waals surface area contributed by atoms with E-state index in [-0.39, 0.29) is 0 Å². The normalized spacial score (nSPS) is 8.83. The zero-order valence-corrected chi connectivity index (χ0v) is 7.92. The number of aliphatic carboxylic acids is 1. The molecular weight excluding hydrogens is 152 g/mol. The van der Waals surface area contributed by atoms with Crippen molar-refractivity contribution in [3.05, 3.63) is 24.8 Å². The predicted octanol–water partition coefficient (Wildman–Crippen LogP) is 3.01. The topological polar surface area (TPSA) is 37.3 Å². The van der Waals surface area contributed by atoms with Crippen molar-refractivity contribution < 1.29 is 9.90 Å². The Bertz CT molecular complexity index is 137. The summed E-state index contributed by atoms with van der Waals surface area (Å²) in [4.78, 5) is 9.25. The van der Waals surface area contributed by atoms with E-state index < -0.39 is 5.97 Å². The van der Waals surface area contributed by atoms with Gasteiger partial charge in [0.15, 0.2) is 0 Å². The molecule has 70 valence electrons. The van der Waals surface area contributed by atoms with Crippen molar-refractivity contribution >= 4 is 5.97 Å². The summed E-state index contributed by atoms with van der Waals surface area (Å²) in [5.41, 5.74) is 0. The van der Waals surface area contributed by atoms with Crippen LogP contribution in [0.25, 0.3) is 0 Å². The Kier molecular flexibility index (Phi) is 14.2. The highest BCUT2D eigenvalue weighted by molar-refractivity contribution is 5.78. The summed E-state index contributed by atoms with van der Waals surface area (Å²) in [5, 5.41) is 7.60. The van der Waals surface area contributed by atoms with E-state index in [1.54, 1.807) is 0 Å². The Morgan fingerprint density at radius 3 is 2.33 bits per heavy atom. The molecular formula is C10H18O2. The summed E-state index contributed by atoms with van der Waals surface area (Å²) < 4.78 is 0. The van der Waals surface area contributed by atoms with Crippen LogP contribution in [0.3, 0.4) is 0 Å². The number of carbonyl (C=O) groups is 1. The van der Waals surface area contributed by atoms with Crippen LogP contribution in [0.15, 0.2) is 24.8 Å². The number of unbranched alkanes of at least 4 members (excludes halogenated alkanes) is 2. The third-order valence-corrected chi connectivity index (χ3v) is 1.13. The first-order valence-corrected chi connectivity index (χ1v) is 4.15. The van der Waals surface area contributed by atoms with Crippen LogP contribution in [0.5, 0.6) is 0 Å². The second-order valence-corrected chi connectivity index (χ2v) is 2.25. The molecule has 1 N–H and O–H groups in total. The van der Waals surface area contributed by atoms with Gasteiger partial charge in [-0.25, -0.2) is 4.79 Å². The van der Waals surface area contributed by atoms with Gasteiger partial charge in [-0.05, 0) is 13.3 Å². The lowest BCUT2D eigenvalue weighted by molar-refractivity contribution is -0.131. The van der Waals surface area contributed by atoms with E-state index in [4.69, 9.17) is 5.11 Å². The molecule has 0 aliphatic carbocycles. The highest BCUT2D eigenvalue weighted by Crippen LogP contribution is 1.93. The van der Waals surface area contributed by atoms with Crippen LogP contribution in [0.4, 0.5) is 0 Å². The van der Waals surface area contributed by atoms with Gasteiger partial charge in [-0.3, -0.25) is 0 Å².